The number of halogens is 1. The van der Waals surface area contributed by atoms with Crippen molar-refractivity contribution in [3.05, 3.63) is 79.4 Å². The van der Waals surface area contributed by atoms with E-state index in [1.807, 2.05) is 30.3 Å². The van der Waals surface area contributed by atoms with Crippen LogP contribution in [-0.4, -0.2) is 32.5 Å². The molecule has 0 spiro atoms. The first-order chi connectivity index (χ1) is 17.0. The van der Waals surface area contributed by atoms with Gasteiger partial charge in [0.05, 0.1) is 23.0 Å². The van der Waals surface area contributed by atoms with Crippen LogP contribution in [0.15, 0.2) is 68.1 Å². The van der Waals surface area contributed by atoms with Crippen LogP contribution < -0.4 is 11.0 Å². The maximum absolute atomic E-state index is 13.7. The lowest BCUT2D eigenvalue weighted by Crippen LogP contribution is -2.24. The van der Waals surface area contributed by atoms with Gasteiger partial charge in [-0.1, -0.05) is 45.9 Å². The summed E-state index contributed by atoms with van der Waals surface area (Å²) >= 11 is 6.12. The zero-order chi connectivity index (χ0) is 24.4. The van der Waals surface area contributed by atoms with Gasteiger partial charge < -0.3 is 5.11 Å². The molecule has 5 rings (SSSR count). The Hall–Kier alpha value is -2.95. The molecule has 178 valence electrons. The Morgan fingerprint density at radius 3 is 2.86 bits per heavy atom. The number of amides is 1. The molecule has 1 aliphatic carbocycles. The topological polar surface area (TPSA) is 96.6 Å². The SMILES string of the molecule is O=C(CSc1nc2sc3c(c2c(=O)n1-c1ccccc1)CCCC3)N/N=C/c1cc(Br)ccc1O. The van der Waals surface area contributed by atoms with Gasteiger partial charge in [0.15, 0.2) is 5.16 Å². The Kier molecular flexibility index (Phi) is 7.03. The van der Waals surface area contributed by atoms with Gasteiger partial charge in [0.25, 0.3) is 11.5 Å². The van der Waals surface area contributed by atoms with Crippen LogP contribution in [0.5, 0.6) is 5.75 Å². The summed E-state index contributed by atoms with van der Waals surface area (Å²) in [5.74, 6) is -0.263. The van der Waals surface area contributed by atoms with Crippen molar-refractivity contribution in [1.29, 1.82) is 0 Å². The number of hydrazone groups is 1. The molecule has 2 aromatic carbocycles. The number of para-hydroxylation sites is 1. The zero-order valence-corrected chi connectivity index (χ0v) is 21.8. The zero-order valence-electron chi connectivity index (χ0n) is 18.5. The molecule has 0 bridgehead atoms. The number of thioether (sulfide) groups is 1. The second kappa shape index (κ2) is 10.3. The van der Waals surface area contributed by atoms with E-state index in [0.717, 1.165) is 40.5 Å². The smallest absolute Gasteiger partial charge is 0.267 e. The Morgan fingerprint density at radius 1 is 1.23 bits per heavy atom. The lowest BCUT2D eigenvalue weighted by molar-refractivity contribution is -0.118. The first kappa shape index (κ1) is 23.8. The lowest BCUT2D eigenvalue weighted by atomic mass is 9.97. The number of aromatic hydroxyl groups is 1. The summed E-state index contributed by atoms with van der Waals surface area (Å²) in [5.41, 5.74) is 4.70. The summed E-state index contributed by atoms with van der Waals surface area (Å²) in [4.78, 5) is 33.0. The molecule has 1 amide bonds. The molecule has 7 nitrogen and oxygen atoms in total. The molecule has 4 aromatic rings. The van der Waals surface area contributed by atoms with E-state index >= 15 is 0 Å². The molecule has 0 fully saturated rings. The second-order valence-electron chi connectivity index (χ2n) is 8.05. The van der Waals surface area contributed by atoms with Crippen molar-refractivity contribution in [3.8, 4) is 11.4 Å². The van der Waals surface area contributed by atoms with Crippen LogP contribution >= 0.6 is 39.0 Å². The molecule has 0 atom stereocenters. The minimum Gasteiger partial charge on any atom is -0.507 e. The van der Waals surface area contributed by atoms with Gasteiger partial charge in [0.1, 0.15) is 10.6 Å². The number of thiophene rings is 1. The number of aromatic nitrogens is 2. The van der Waals surface area contributed by atoms with Crippen LogP contribution in [0.2, 0.25) is 0 Å². The predicted octanol–water partition coefficient (Wildman–Crippen LogP) is 5.04. The summed E-state index contributed by atoms with van der Waals surface area (Å²) in [7, 11) is 0. The van der Waals surface area contributed by atoms with Gasteiger partial charge in [-0.3, -0.25) is 14.2 Å². The fourth-order valence-corrected chi connectivity index (χ4v) is 6.54. The molecule has 0 radical (unpaired) electrons. The van der Waals surface area contributed by atoms with Crippen LogP contribution in [0.25, 0.3) is 15.9 Å². The highest BCUT2D eigenvalue weighted by molar-refractivity contribution is 9.10. The van der Waals surface area contributed by atoms with Gasteiger partial charge in [-0.05, 0) is 61.6 Å². The molecule has 1 aliphatic rings. The van der Waals surface area contributed by atoms with Gasteiger partial charge in [0.2, 0.25) is 0 Å². The van der Waals surface area contributed by atoms with Crippen molar-refractivity contribution >= 4 is 61.4 Å². The van der Waals surface area contributed by atoms with E-state index in [4.69, 9.17) is 4.98 Å². The highest BCUT2D eigenvalue weighted by Crippen LogP contribution is 2.35. The van der Waals surface area contributed by atoms with Crippen LogP contribution in [0.1, 0.15) is 28.8 Å². The standard InChI is InChI=1S/C25H21BrN4O3S2/c26-16-10-11-19(31)15(12-16)13-27-29-21(32)14-34-25-28-23-22(18-8-4-5-9-20(18)35-23)24(33)30(25)17-6-2-1-3-7-17/h1-3,6-7,10-13,31H,4-5,8-9,14H2,(H,29,32)/b27-13+. The van der Waals surface area contributed by atoms with E-state index in [0.29, 0.717) is 21.8 Å². The fraction of sp³-hybridized carbons (Fsp3) is 0.200. The number of benzene rings is 2. The van der Waals surface area contributed by atoms with E-state index in [2.05, 4.69) is 26.5 Å². The normalized spacial score (nSPS) is 13.3. The van der Waals surface area contributed by atoms with Crippen LogP contribution in [0.3, 0.4) is 0 Å². The number of nitrogens with one attached hydrogen (secondary N) is 1. The molecule has 0 unspecified atom stereocenters. The van der Waals surface area contributed by atoms with E-state index in [1.54, 1.807) is 28.0 Å². The average Bonchev–Trinajstić information content (AvgIpc) is 3.24. The van der Waals surface area contributed by atoms with E-state index in [9.17, 15) is 14.7 Å². The monoisotopic (exact) mass is 568 g/mol. The third-order valence-corrected chi connectivity index (χ3v) is 8.30. The Morgan fingerprint density at radius 2 is 2.03 bits per heavy atom. The summed E-state index contributed by atoms with van der Waals surface area (Å²) in [6.07, 6.45) is 5.48. The largest absolute Gasteiger partial charge is 0.507 e. The minimum atomic E-state index is -0.347. The first-order valence-electron chi connectivity index (χ1n) is 11.1. The van der Waals surface area contributed by atoms with Crippen molar-refractivity contribution in [2.75, 3.05) is 5.75 Å². The molecule has 35 heavy (non-hydrogen) atoms. The highest BCUT2D eigenvalue weighted by atomic mass is 79.9. The number of nitrogens with zero attached hydrogens (tertiary/aromatic N) is 3. The number of phenolic OH excluding ortho intramolecular Hbond substituents is 1. The van der Waals surface area contributed by atoms with Crippen molar-refractivity contribution < 1.29 is 9.90 Å². The molecular weight excluding hydrogens is 548 g/mol. The Bertz CT molecular complexity index is 1500. The summed E-state index contributed by atoms with van der Waals surface area (Å²) in [6.45, 7) is 0. The summed E-state index contributed by atoms with van der Waals surface area (Å²) in [6, 6.07) is 14.3. The van der Waals surface area contributed by atoms with Crippen LogP contribution in [0.4, 0.5) is 0 Å². The van der Waals surface area contributed by atoms with Gasteiger partial charge in [0, 0.05) is 14.9 Å². The number of hydrogen-bond acceptors (Lipinski definition) is 7. The lowest BCUT2D eigenvalue weighted by Gasteiger charge is -2.13. The van der Waals surface area contributed by atoms with Crippen molar-refractivity contribution in [2.45, 2.75) is 30.8 Å². The average molecular weight is 570 g/mol. The number of carbonyl (C=O) groups is 1. The summed E-state index contributed by atoms with van der Waals surface area (Å²) < 4.78 is 2.39. The van der Waals surface area contributed by atoms with Crippen LogP contribution in [0, 0.1) is 0 Å². The molecule has 0 aliphatic heterocycles. The molecular formula is C25H21BrN4O3S2. The Balaban J connectivity index is 1.41. The molecule has 2 heterocycles. The maximum Gasteiger partial charge on any atom is 0.267 e. The number of hydrogen-bond donors (Lipinski definition) is 2. The highest BCUT2D eigenvalue weighted by Gasteiger charge is 2.23. The first-order valence-corrected chi connectivity index (χ1v) is 13.7. The molecule has 0 saturated carbocycles. The molecule has 2 aromatic heterocycles. The van der Waals surface area contributed by atoms with Crippen LogP contribution in [-0.2, 0) is 17.6 Å². The van der Waals surface area contributed by atoms with Crippen molar-refractivity contribution in [1.82, 2.24) is 15.0 Å². The third kappa shape index (κ3) is 5.05. The minimum absolute atomic E-state index is 0.0255. The second-order valence-corrected chi connectivity index (χ2v) is 11.0. The van der Waals surface area contributed by atoms with Gasteiger partial charge in [-0.2, -0.15) is 5.10 Å². The third-order valence-electron chi connectivity index (χ3n) is 5.69. The molecule has 10 heteroatoms. The van der Waals surface area contributed by atoms with Gasteiger partial charge in [-0.25, -0.2) is 10.4 Å². The van der Waals surface area contributed by atoms with E-state index in [1.165, 1.54) is 28.9 Å². The molecule has 0 saturated heterocycles. The van der Waals surface area contributed by atoms with E-state index in [-0.39, 0.29) is 23.0 Å². The number of phenols is 1. The number of rotatable bonds is 6. The van der Waals surface area contributed by atoms with E-state index < -0.39 is 0 Å². The number of carbonyl (C=O) groups excluding carboxylic acids is 1. The molecule has 2 N–H and O–H groups in total. The van der Waals surface area contributed by atoms with Crippen molar-refractivity contribution in [2.24, 2.45) is 5.10 Å². The van der Waals surface area contributed by atoms with Crippen molar-refractivity contribution in [3.63, 3.8) is 0 Å². The quantitative estimate of drug-likeness (QED) is 0.147. The summed E-state index contributed by atoms with van der Waals surface area (Å²) in [5, 5.41) is 15.0. The van der Waals surface area contributed by atoms with Gasteiger partial charge in [-0.15, -0.1) is 11.3 Å². The maximum atomic E-state index is 13.7. The predicted molar refractivity (Wildman–Crippen MR) is 144 cm³/mol. The number of fused-ring (bicyclic) bond motifs is 3. The Labute approximate surface area is 218 Å². The number of aryl methyl sites for hydroxylation is 2. The van der Waals surface area contributed by atoms with Gasteiger partial charge >= 0.3 is 0 Å². The fourth-order valence-electron chi connectivity index (χ4n) is 4.05.